The van der Waals surface area contributed by atoms with Crippen molar-refractivity contribution in [2.45, 2.75) is 26.6 Å². The van der Waals surface area contributed by atoms with Gasteiger partial charge in [0.1, 0.15) is 7.22 Å². The summed E-state index contributed by atoms with van der Waals surface area (Å²) >= 11 is 2.10. The summed E-state index contributed by atoms with van der Waals surface area (Å²) < 4.78 is 0. The van der Waals surface area contributed by atoms with E-state index in [1.54, 1.807) is 0 Å². The molecule has 0 fully saturated rings. The Morgan fingerprint density at radius 2 is 1.94 bits per heavy atom. The molecule has 0 radical (unpaired) electrons. The molecule has 0 spiro atoms. The summed E-state index contributed by atoms with van der Waals surface area (Å²) in [6.45, 7) is 10.2. The standard InChI is InChI=1S/C13H21NSSi/c1-12-7-5-6-8-13(12)11-14-9-10-15-16(2,3)4/h5-8,11H,9-10H2,1-4H3/b14-11+. The minimum absolute atomic E-state index is 0.934. The van der Waals surface area contributed by atoms with Crippen molar-refractivity contribution in [3.63, 3.8) is 0 Å². The fourth-order valence-electron chi connectivity index (χ4n) is 1.30. The van der Waals surface area contributed by atoms with E-state index in [1.807, 2.05) is 6.21 Å². The van der Waals surface area contributed by atoms with E-state index in [-0.39, 0.29) is 0 Å². The summed E-state index contributed by atoms with van der Waals surface area (Å²) in [5, 5.41) is 0. The van der Waals surface area contributed by atoms with Crippen LogP contribution in [0, 0.1) is 6.92 Å². The summed E-state index contributed by atoms with van der Waals surface area (Å²) in [6, 6.07) is 8.36. The van der Waals surface area contributed by atoms with Crippen molar-refractivity contribution in [2.24, 2.45) is 4.99 Å². The highest BCUT2D eigenvalue weighted by Crippen LogP contribution is 2.18. The van der Waals surface area contributed by atoms with E-state index < -0.39 is 7.22 Å². The molecular weight excluding hydrogens is 230 g/mol. The van der Waals surface area contributed by atoms with Gasteiger partial charge >= 0.3 is 0 Å². The molecule has 0 bridgehead atoms. The molecule has 0 heterocycles. The van der Waals surface area contributed by atoms with Gasteiger partial charge in [-0.15, -0.1) is 0 Å². The van der Waals surface area contributed by atoms with Gasteiger partial charge in [-0.1, -0.05) is 43.9 Å². The maximum absolute atomic E-state index is 4.48. The van der Waals surface area contributed by atoms with Crippen molar-refractivity contribution in [3.05, 3.63) is 35.4 Å². The Balaban J connectivity index is 2.36. The predicted octanol–water partition coefficient (Wildman–Crippen LogP) is 3.98. The van der Waals surface area contributed by atoms with Gasteiger partial charge in [0.15, 0.2) is 0 Å². The van der Waals surface area contributed by atoms with Gasteiger partial charge in [0.25, 0.3) is 0 Å². The monoisotopic (exact) mass is 251 g/mol. The molecule has 0 saturated heterocycles. The van der Waals surface area contributed by atoms with Crippen molar-refractivity contribution in [2.75, 3.05) is 12.3 Å². The largest absolute Gasteiger partial charge is 0.292 e. The van der Waals surface area contributed by atoms with Crippen molar-refractivity contribution in [3.8, 4) is 0 Å². The van der Waals surface area contributed by atoms with Crippen LogP contribution >= 0.6 is 11.2 Å². The van der Waals surface area contributed by atoms with E-state index in [9.17, 15) is 0 Å². The van der Waals surface area contributed by atoms with Gasteiger partial charge in [-0.2, -0.15) is 11.2 Å². The van der Waals surface area contributed by atoms with Crippen molar-refractivity contribution >= 4 is 24.6 Å². The third-order valence-electron chi connectivity index (χ3n) is 2.17. The van der Waals surface area contributed by atoms with E-state index >= 15 is 0 Å². The number of nitrogens with zero attached hydrogens (tertiary/aromatic N) is 1. The van der Waals surface area contributed by atoms with Crippen molar-refractivity contribution < 1.29 is 0 Å². The zero-order valence-electron chi connectivity index (χ0n) is 10.7. The van der Waals surface area contributed by atoms with E-state index in [1.165, 1.54) is 11.1 Å². The highest BCUT2D eigenvalue weighted by molar-refractivity contribution is 8.28. The molecule has 0 aliphatic carbocycles. The number of hydrogen-bond acceptors (Lipinski definition) is 2. The zero-order valence-corrected chi connectivity index (χ0v) is 12.5. The Morgan fingerprint density at radius 3 is 2.56 bits per heavy atom. The van der Waals surface area contributed by atoms with Crippen LogP contribution in [0.1, 0.15) is 11.1 Å². The van der Waals surface area contributed by atoms with Gasteiger partial charge in [0, 0.05) is 18.5 Å². The molecule has 1 rings (SSSR count). The molecule has 0 amide bonds. The average molecular weight is 251 g/mol. The third-order valence-corrected chi connectivity index (χ3v) is 6.64. The van der Waals surface area contributed by atoms with Crippen LogP contribution in [0.2, 0.25) is 19.6 Å². The molecule has 1 aromatic carbocycles. The topological polar surface area (TPSA) is 12.4 Å². The van der Waals surface area contributed by atoms with E-state index in [2.05, 4.69) is 67.0 Å². The van der Waals surface area contributed by atoms with Crippen LogP contribution < -0.4 is 0 Å². The predicted molar refractivity (Wildman–Crippen MR) is 79.4 cm³/mol. The van der Waals surface area contributed by atoms with Gasteiger partial charge < -0.3 is 0 Å². The van der Waals surface area contributed by atoms with Crippen molar-refractivity contribution in [1.29, 1.82) is 0 Å². The minimum atomic E-state index is -0.955. The highest BCUT2D eigenvalue weighted by Gasteiger charge is 2.11. The second-order valence-electron chi connectivity index (χ2n) is 4.85. The van der Waals surface area contributed by atoms with Gasteiger partial charge in [-0.3, -0.25) is 4.99 Å². The Morgan fingerprint density at radius 1 is 1.25 bits per heavy atom. The molecule has 16 heavy (non-hydrogen) atoms. The molecular formula is C13H21NSSi. The molecule has 0 saturated carbocycles. The quantitative estimate of drug-likeness (QED) is 0.438. The van der Waals surface area contributed by atoms with Gasteiger partial charge in [-0.25, -0.2) is 0 Å². The number of aliphatic imine (C=N–C) groups is 1. The van der Waals surface area contributed by atoms with Crippen LogP contribution in [0.3, 0.4) is 0 Å². The molecule has 3 heteroatoms. The molecule has 88 valence electrons. The SMILES string of the molecule is Cc1ccccc1/C=N/CCS[Si](C)(C)C. The van der Waals surface area contributed by atoms with E-state index in [0.717, 1.165) is 12.3 Å². The molecule has 0 atom stereocenters. The second-order valence-corrected chi connectivity index (χ2v) is 14.3. The lowest BCUT2D eigenvalue weighted by Crippen LogP contribution is -2.15. The summed E-state index contributed by atoms with van der Waals surface area (Å²) in [4.78, 5) is 4.48. The van der Waals surface area contributed by atoms with Gasteiger partial charge in [0.05, 0.1) is 0 Å². The Kier molecular flexibility index (Phi) is 5.29. The second kappa shape index (κ2) is 6.26. The minimum Gasteiger partial charge on any atom is -0.292 e. The summed E-state index contributed by atoms with van der Waals surface area (Å²) in [7, 11) is -0.955. The normalized spacial score (nSPS) is 12.2. The molecule has 0 N–H and O–H groups in total. The number of benzene rings is 1. The maximum Gasteiger partial charge on any atom is 0.108 e. The number of rotatable bonds is 5. The smallest absolute Gasteiger partial charge is 0.108 e. The first kappa shape index (κ1) is 13.5. The van der Waals surface area contributed by atoms with E-state index in [4.69, 9.17) is 0 Å². The molecule has 1 aromatic rings. The Hall–Kier alpha value is -0.543. The van der Waals surface area contributed by atoms with E-state index in [0.29, 0.717) is 0 Å². The first-order valence-electron chi connectivity index (χ1n) is 5.68. The van der Waals surface area contributed by atoms with Gasteiger partial charge in [0.2, 0.25) is 0 Å². The summed E-state index contributed by atoms with van der Waals surface area (Å²) in [5.41, 5.74) is 2.53. The van der Waals surface area contributed by atoms with Crippen LogP contribution in [-0.4, -0.2) is 25.7 Å². The van der Waals surface area contributed by atoms with Crippen LogP contribution in [-0.2, 0) is 0 Å². The maximum atomic E-state index is 4.48. The molecule has 0 aliphatic heterocycles. The van der Waals surface area contributed by atoms with Crippen LogP contribution in [0.5, 0.6) is 0 Å². The number of hydrogen-bond donors (Lipinski definition) is 0. The van der Waals surface area contributed by atoms with Crippen LogP contribution in [0.25, 0.3) is 0 Å². The fourth-order valence-corrected chi connectivity index (χ4v) is 4.22. The summed E-state index contributed by atoms with van der Waals surface area (Å²) in [5.74, 6) is 1.15. The Bertz CT molecular complexity index is 355. The molecule has 0 unspecified atom stereocenters. The summed E-state index contributed by atoms with van der Waals surface area (Å²) in [6.07, 6.45) is 2.00. The zero-order chi connectivity index (χ0) is 12.0. The average Bonchev–Trinajstić information content (AvgIpc) is 2.18. The first-order valence-corrected chi connectivity index (χ1v) is 10.9. The lowest BCUT2D eigenvalue weighted by Gasteiger charge is -2.13. The molecule has 0 aliphatic rings. The lowest BCUT2D eigenvalue weighted by molar-refractivity contribution is 1.16. The fraction of sp³-hybridized carbons (Fsp3) is 0.462. The number of aryl methyl sites for hydroxylation is 1. The lowest BCUT2D eigenvalue weighted by atomic mass is 10.1. The first-order chi connectivity index (χ1) is 7.49. The van der Waals surface area contributed by atoms with Crippen LogP contribution in [0.15, 0.2) is 29.3 Å². The van der Waals surface area contributed by atoms with Crippen molar-refractivity contribution in [1.82, 2.24) is 0 Å². The Labute approximate surface area is 104 Å². The highest BCUT2D eigenvalue weighted by atomic mass is 32.4. The molecule has 1 nitrogen and oxygen atoms in total. The van der Waals surface area contributed by atoms with Crippen LogP contribution in [0.4, 0.5) is 0 Å². The third kappa shape index (κ3) is 5.52. The molecule has 0 aromatic heterocycles. The van der Waals surface area contributed by atoms with Gasteiger partial charge in [-0.05, 0) is 18.1 Å².